The van der Waals surface area contributed by atoms with Crippen LogP contribution in [0.3, 0.4) is 0 Å². The van der Waals surface area contributed by atoms with Crippen molar-refractivity contribution in [1.29, 1.82) is 0 Å². The van der Waals surface area contributed by atoms with Gasteiger partial charge in [-0.15, -0.1) is 5.10 Å². The van der Waals surface area contributed by atoms with Crippen LogP contribution in [0.1, 0.15) is 16.1 Å². The molecule has 1 aromatic heterocycles. The van der Waals surface area contributed by atoms with Gasteiger partial charge in [-0.05, 0) is 12.1 Å². The van der Waals surface area contributed by atoms with Gasteiger partial charge in [0.05, 0.1) is 18.3 Å². The molecule has 0 unspecified atom stereocenters. The summed E-state index contributed by atoms with van der Waals surface area (Å²) in [6, 6.07) is 2.74. The lowest BCUT2D eigenvalue weighted by Crippen LogP contribution is -2.10. The van der Waals surface area contributed by atoms with E-state index in [9.17, 15) is 13.6 Å². The van der Waals surface area contributed by atoms with Gasteiger partial charge in [0.25, 0.3) is 0 Å². The molecule has 94 valence electrons. The molecular weight excluding hydrogens is 242 g/mol. The smallest absolute Gasteiger partial charge is 0.217 e. The molecule has 0 amide bonds. The molecule has 0 aliphatic heterocycles. The molecular formula is C11H10F2N4O. The van der Waals surface area contributed by atoms with Crippen LogP contribution in [-0.4, -0.2) is 27.3 Å². The summed E-state index contributed by atoms with van der Waals surface area (Å²) in [6.45, 7) is 0.758. The molecule has 0 spiro atoms. The van der Waals surface area contributed by atoms with Gasteiger partial charge in [-0.2, -0.15) is 0 Å². The van der Waals surface area contributed by atoms with Gasteiger partial charge in [0.1, 0.15) is 11.6 Å². The monoisotopic (exact) mass is 252 g/mol. The number of hydrogen-bond donors (Lipinski definition) is 1. The molecule has 0 bridgehead atoms. The predicted molar refractivity (Wildman–Crippen MR) is 58.9 cm³/mol. The van der Waals surface area contributed by atoms with Crippen LogP contribution < -0.4 is 5.73 Å². The third kappa shape index (κ3) is 2.40. The highest BCUT2D eigenvalue weighted by molar-refractivity contribution is 6.07. The standard InChI is InChI=1S/C11H10F2N4O/c12-7-1-2-8(9(13)5-7)11(18)10-6-17(4-3-14)16-15-10/h1-2,5-6H,3-4,14H2. The highest BCUT2D eigenvalue weighted by Crippen LogP contribution is 2.13. The van der Waals surface area contributed by atoms with Crippen LogP contribution in [-0.2, 0) is 6.54 Å². The van der Waals surface area contributed by atoms with E-state index in [4.69, 9.17) is 5.73 Å². The third-order valence-electron chi connectivity index (χ3n) is 2.31. The quantitative estimate of drug-likeness (QED) is 0.815. The Morgan fingerprint density at radius 1 is 1.39 bits per heavy atom. The van der Waals surface area contributed by atoms with Crippen LogP contribution in [0.4, 0.5) is 8.78 Å². The largest absolute Gasteiger partial charge is 0.329 e. The summed E-state index contributed by atoms with van der Waals surface area (Å²) in [7, 11) is 0. The second-order valence-corrected chi connectivity index (χ2v) is 3.61. The maximum Gasteiger partial charge on any atom is 0.217 e. The molecule has 0 aliphatic carbocycles. The number of nitrogens with two attached hydrogens (primary N) is 1. The van der Waals surface area contributed by atoms with E-state index in [0.29, 0.717) is 19.2 Å². The summed E-state index contributed by atoms with van der Waals surface area (Å²) in [4.78, 5) is 11.9. The molecule has 0 atom stereocenters. The number of halogens is 2. The lowest BCUT2D eigenvalue weighted by atomic mass is 10.1. The number of nitrogens with zero attached hydrogens (tertiary/aromatic N) is 3. The molecule has 0 saturated heterocycles. The fourth-order valence-corrected chi connectivity index (χ4v) is 1.46. The van der Waals surface area contributed by atoms with Gasteiger partial charge in [0.15, 0.2) is 5.69 Å². The molecule has 0 saturated carbocycles. The van der Waals surface area contributed by atoms with Crippen LogP contribution in [0, 0.1) is 11.6 Å². The zero-order valence-corrected chi connectivity index (χ0v) is 9.31. The van der Waals surface area contributed by atoms with Gasteiger partial charge in [0.2, 0.25) is 5.78 Å². The van der Waals surface area contributed by atoms with E-state index in [1.54, 1.807) is 0 Å². The van der Waals surface area contributed by atoms with Crippen LogP contribution in [0.5, 0.6) is 0 Å². The lowest BCUT2D eigenvalue weighted by molar-refractivity contribution is 0.103. The first-order valence-corrected chi connectivity index (χ1v) is 5.22. The van der Waals surface area contributed by atoms with Crippen molar-refractivity contribution in [1.82, 2.24) is 15.0 Å². The second kappa shape index (κ2) is 5.01. The zero-order valence-electron chi connectivity index (χ0n) is 9.31. The number of rotatable bonds is 4. The summed E-state index contributed by atoms with van der Waals surface area (Å²) in [5, 5.41) is 7.29. The summed E-state index contributed by atoms with van der Waals surface area (Å²) in [5.41, 5.74) is 5.08. The van der Waals surface area contributed by atoms with E-state index in [1.807, 2.05) is 0 Å². The molecule has 7 heteroatoms. The summed E-state index contributed by atoms with van der Waals surface area (Å²) < 4.78 is 27.5. The van der Waals surface area contributed by atoms with Crippen LogP contribution in [0.25, 0.3) is 0 Å². The number of benzene rings is 1. The topological polar surface area (TPSA) is 73.8 Å². The lowest BCUT2D eigenvalue weighted by Gasteiger charge is -1.99. The molecule has 1 heterocycles. The molecule has 5 nitrogen and oxygen atoms in total. The van der Waals surface area contributed by atoms with E-state index in [0.717, 1.165) is 12.1 Å². The molecule has 18 heavy (non-hydrogen) atoms. The van der Waals surface area contributed by atoms with Gasteiger partial charge < -0.3 is 5.73 Å². The fourth-order valence-electron chi connectivity index (χ4n) is 1.46. The first-order chi connectivity index (χ1) is 8.61. The van der Waals surface area contributed by atoms with Gasteiger partial charge in [-0.3, -0.25) is 9.48 Å². The Labute approximate surface area is 101 Å². The fraction of sp³-hybridized carbons (Fsp3) is 0.182. The van der Waals surface area contributed by atoms with Crippen molar-refractivity contribution in [3.8, 4) is 0 Å². The molecule has 0 aliphatic rings. The van der Waals surface area contributed by atoms with Crippen molar-refractivity contribution in [3.05, 3.63) is 47.3 Å². The Bertz CT molecular complexity index is 582. The maximum absolute atomic E-state index is 13.4. The van der Waals surface area contributed by atoms with Crippen molar-refractivity contribution in [2.75, 3.05) is 6.54 Å². The van der Waals surface area contributed by atoms with Crippen molar-refractivity contribution in [3.63, 3.8) is 0 Å². The van der Waals surface area contributed by atoms with Crippen molar-refractivity contribution < 1.29 is 13.6 Å². The molecule has 1 aromatic carbocycles. The van der Waals surface area contributed by atoms with Gasteiger partial charge >= 0.3 is 0 Å². The number of carbonyl (C=O) groups is 1. The number of carbonyl (C=O) groups excluding carboxylic acids is 1. The Hall–Kier alpha value is -2.15. The number of ketones is 1. The SMILES string of the molecule is NCCn1cc(C(=O)c2ccc(F)cc2F)nn1. The van der Waals surface area contributed by atoms with E-state index < -0.39 is 17.4 Å². The Balaban J connectivity index is 2.29. The average molecular weight is 252 g/mol. The summed E-state index contributed by atoms with van der Waals surface area (Å²) in [6.07, 6.45) is 1.37. The Morgan fingerprint density at radius 2 is 2.17 bits per heavy atom. The molecule has 0 radical (unpaired) electrons. The normalized spacial score (nSPS) is 10.6. The highest BCUT2D eigenvalue weighted by Gasteiger charge is 2.17. The molecule has 2 N–H and O–H groups in total. The second-order valence-electron chi connectivity index (χ2n) is 3.61. The van der Waals surface area contributed by atoms with E-state index in [1.165, 1.54) is 10.9 Å². The first kappa shape index (κ1) is 12.3. The zero-order chi connectivity index (χ0) is 13.1. The maximum atomic E-state index is 13.4. The van der Waals surface area contributed by atoms with Crippen molar-refractivity contribution in [2.45, 2.75) is 6.54 Å². The Kier molecular flexibility index (Phi) is 3.42. The van der Waals surface area contributed by atoms with Crippen LogP contribution in [0.15, 0.2) is 24.4 Å². The van der Waals surface area contributed by atoms with Gasteiger partial charge in [-0.25, -0.2) is 8.78 Å². The van der Waals surface area contributed by atoms with Crippen LogP contribution in [0.2, 0.25) is 0 Å². The minimum atomic E-state index is -0.923. The molecule has 2 rings (SSSR count). The van der Waals surface area contributed by atoms with Gasteiger partial charge in [0, 0.05) is 12.6 Å². The molecule has 2 aromatic rings. The minimum Gasteiger partial charge on any atom is -0.329 e. The van der Waals surface area contributed by atoms with Gasteiger partial charge in [-0.1, -0.05) is 5.21 Å². The van der Waals surface area contributed by atoms with E-state index >= 15 is 0 Å². The predicted octanol–water partition coefficient (Wildman–Crippen LogP) is 0.746. The first-order valence-electron chi connectivity index (χ1n) is 5.22. The number of aromatic nitrogens is 3. The van der Waals surface area contributed by atoms with Crippen LogP contribution >= 0.6 is 0 Å². The molecule has 0 fully saturated rings. The van der Waals surface area contributed by atoms with E-state index in [-0.39, 0.29) is 11.3 Å². The summed E-state index contributed by atoms with van der Waals surface area (Å²) >= 11 is 0. The average Bonchev–Trinajstić information content (AvgIpc) is 2.77. The van der Waals surface area contributed by atoms with Crippen molar-refractivity contribution in [2.24, 2.45) is 5.73 Å². The third-order valence-corrected chi connectivity index (χ3v) is 2.31. The Morgan fingerprint density at radius 3 is 2.83 bits per heavy atom. The van der Waals surface area contributed by atoms with Crippen molar-refractivity contribution >= 4 is 5.78 Å². The number of hydrogen-bond acceptors (Lipinski definition) is 4. The minimum absolute atomic E-state index is 0.00559. The highest BCUT2D eigenvalue weighted by atomic mass is 19.1. The summed E-state index contributed by atoms with van der Waals surface area (Å²) in [5.74, 6) is -2.31. The van der Waals surface area contributed by atoms with E-state index in [2.05, 4.69) is 10.3 Å².